The Bertz CT molecular complexity index is 890. The van der Waals surface area contributed by atoms with Gasteiger partial charge in [-0.25, -0.2) is 0 Å². The van der Waals surface area contributed by atoms with Gasteiger partial charge in [-0.1, -0.05) is 42.5 Å². The van der Waals surface area contributed by atoms with Gasteiger partial charge in [-0.3, -0.25) is 20.4 Å². The lowest BCUT2D eigenvalue weighted by molar-refractivity contribution is 0.0846. The lowest BCUT2D eigenvalue weighted by atomic mass is 10.0. The van der Waals surface area contributed by atoms with E-state index in [4.69, 9.17) is 0 Å². The van der Waals surface area contributed by atoms with Crippen molar-refractivity contribution in [3.8, 4) is 16.9 Å². The van der Waals surface area contributed by atoms with Crippen molar-refractivity contribution in [3.05, 3.63) is 90.0 Å². The third kappa shape index (κ3) is 4.03. The number of carbonyl (C=O) groups is 2. The van der Waals surface area contributed by atoms with Crippen LogP contribution in [0.3, 0.4) is 0 Å². The van der Waals surface area contributed by atoms with Crippen molar-refractivity contribution in [2.45, 2.75) is 0 Å². The number of hydrogen-bond acceptors (Lipinski definition) is 3. The lowest BCUT2D eigenvalue weighted by Gasteiger charge is -2.09. The van der Waals surface area contributed by atoms with E-state index in [1.807, 2.05) is 36.4 Å². The number of rotatable bonds is 3. The number of phenolic OH excluding ortho intramolecular Hbond substituents is 1. The molecule has 3 aromatic rings. The van der Waals surface area contributed by atoms with Gasteiger partial charge in [0.05, 0.1) is 0 Å². The summed E-state index contributed by atoms with van der Waals surface area (Å²) in [5, 5.41) is 9.22. The largest absolute Gasteiger partial charge is 0.508 e. The van der Waals surface area contributed by atoms with Crippen LogP contribution in [0.1, 0.15) is 20.7 Å². The summed E-state index contributed by atoms with van der Waals surface area (Å²) < 4.78 is 0. The third-order valence-corrected chi connectivity index (χ3v) is 3.65. The number of nitrogens with one attached hydrogen (secondary N) is 2. The average molecular weight is 332 g/mol. The maximum absolute atomic E-state index is 12.3. The van der Waals surface area contributed by atoms with E-state index in [-0.39, 0.29) is 5.75 Å². The Morgan fingerprint density at radius 1 is 0.640 bits per heavy atom. The first kappa shape index (κ1) is 16.3. The van der Waals surface area contributed by atoms with E-state index in [0.717, 1.165) is 11.1 Å². The summed E-state index contributed by atoms with van der Waals surface area (Å²) in [5.74, 6) is -0.809. The van der Waals surface area contributed by atoms with E-state index in [1.165, 1.54) is 24.3 Å². The maximum atomic E-state index is 12.3. The number of amides is 2. The van der Waals surface area contributed by atoms with Gasteiger partial charge < -0.3 is 5.11 Å². The molecule has 0 atom stereocenters. The van der Waals surface area contributed by atoms with Gasteiger partial charge in [0.25, 0.3) is 11.8 Å². The van der Waals surface area contributed by atoms with E-state index in [9.17, 15) is 14.7 Å². The van der Waals surface area contributed by atoms with E-state index in [1.54, 1.807) is 18.2 Å². The fourth-order valence-corrected chi connectivity index (χ4v) is 2.34. The molecule has 25 heavy (non-hydrogen) atoms. The Hall–Kier alpha value is -3.60. The first-order valence-corrected chi connectivity index (χ1v) is 7.69. The minimum Gasteiger partial charge on any atom is -0.508 e. The molecular formula is C20H16N2O3. The summed E-state index contributed by atoms with van der Waals surface area (Å²) in [6.45, 7) is 0. The quantitative estimate of drug-likeness (QED) is 0.645. The second-order valence-corrected chi connectivity index (χ2v) is 5.40. The van der Waals surface area contributed by atoms with Crippen molar-refractivity contribution in [2.75, 3.05) is 0 Å². The Labute approximate surface area is 144 Å². The molecule has 0 unspecified atom stereocenters. The van der Waals surface area contributed by atoms with E-state index >= 15 is 0 Å². The molecule has 2 amide bonds. The fourth-order valence-electron chi connectivity index (χ4n) is 2.34. The van der Waals surface area contributed by atoms with E-state index < -0.39 is 11.8 Å². The zero-order valence-corrected chi connectivity index (χ0v) is 13.3. The second-order valence-electron chi connectivity index (χ2n) is 5.40. The first-order valence-electron chi connectivity index (χ1n) is 7.69. The molecule has 0 spiro atoms. The van der Waals surface area contributed by atoms with E-state index in [0.29, 0.717) is 11.1 Å². The molecule has 3 rings (SSSR count). The summed E-state index contributed by atoms with van der Waals surface area (Å²) in [7, 11) is 0. The standard InChI is InChI=1S/C20H16N2O3/c23-18-11-9-15(10-12-18)19(24)21-22-20(25)17-8-4-7-16(13-17)14-5-2-1-3-6-14/h1-13,23H,(H,21,24)(H,22,25). The first-order chi connectivity index (χ1) is 12.1. The van der Waals surface area contributed by atoms with Crippen LogP contribution < -0.4 is 10.9 Å². The van der Waals surface area contributed by atoms with Crippen molar-refractivity contribution in [1.82, 2.24) is 10.9 Å². The molecule has 0 aliphatic rings. The number of hydrogen-bond donors (Lipinski definition) is 3. The molecule has 3 aromatic carbocycles. The highest BCUT2D eigenvalue weighted by Crippen LogP contribution is 2.19. The summed E-state index contributed by atoms with van der Waals surface area (Å²) >= 11 is 0. The zero-order valence-electron chi connectivity index (χ0n) is 13.3. The van der Waals surface area contributed by atoms with Crippen molar-refractivity contribution >= 4 is 11.8 Å². The molecule has 0 radical (unpaired) electrons. The highest BCUT2D eigenvalue weighted by molar-refractivity contribution is 5.99. The van der Waals surface area contributed by atoms with Crippen LogP contribution in [-0.2, 0) is 0 Å². The van der Waals surface area contributed by atoms with Crippen LogP contribution in [0.4, 0.5) is 0 Å². The van der Waals surface area contributed by atoms with E-state index in [2.05, 4.69) is 10.9 Å². The van der Waals surface area contributed by atoms with Crippen LogP contribution in [0.25, 0.3) is 11.1 Å². The summed E-state index contributed by atoms with van der Waals surface area (Å²) in [5.41, 5.74) is 7.43. The number of benzene rings is 3. The molecule has 0 aliphatic carbocycles. The van der Waals surface area contributed by atoms with Crippen molar-refractivity contribution < 1.29 is 14.7 Å². The van der Waals surface area contributed by atoms with Gasteiger partial charge >= 0.3 is 0 Å². The van der Waals surface area contributed by atoms with Crippen LogP contribution in [-0.4, -0.2) is 16.9 Å². The zero-order chi connectivity index (χ0) is 17.6. The molecule has 5 heteroatoms. The highest BCUT2D eigenvalue weighted by atomic mass is 16.3. The summed E-state index contributed by atoms with van der Waals surface area (Å²) in [4.78, 5) is 24.2. The third-order valence-electron chi connectivity index (χ3n) is 3.65. The van der Waals surface area contributed by atoms with Crippen molar-refractivity contribution in [3.63, 3.8) is 0 Å². The van der Waals surface area contributed by atoms with Gasteiger partial charge in [0, 0.05) is 11.1 Å². The highest BCUT2D eigenvalue weighted by Gasteiger charge is 2.10. The van der Waals surface area contributed by atoms with Gasteiger partial charge in [0.15, 0.2) is 0 Å². The molecule has 0 fully saturated rings. The van der Waals surface area contributed by atoms with Crippen LogP contribution in [0.2, 0.25) is 0 Å². The topological polar surface area (TPSA) is 78.4 Å². The Kier molecular flexibility index (Phi) is 4.76. The normalized spacial score (nSPS) is 10.1. The van der Waals surface area contributed by atoms with Crippen molar-refractivity contribution in [2.24, 2.45) is 0 Å². The average Bonchev–Trinajstić information content (AvgIpc) is 2.67. The van der Waals surface area contributed by atoms with Crippen LogP contribution in [0, 0.1) is 0 Å². The van der Waals surface area contributed by atoms with Gasteiger partial charge in [-0.05, 0) is 47.5 Å². The minimum absolute atomic E-state index is 0.0679. The van der Waals surface area contributed by atoms with Crippen LogP contribution in [0.15, 0.2) is 78.9 Å². The monoisotopic (exact) mass is 332 g/mol. The van der Waals surface area contributed by atoms with Crippen molar-refractivity contribution in [1.29, 1.82) is 0 Å². The van der Waals surface area contributed by atoms with Crippen LogP contribution in [0.5, 0.6) is 5.75 Å². The smallest absolute Gasteiger partial charge is 0.269 e. The summed E-state index contributed by atoms with van der Waals surface area (Å²) in [6.07, 6.45) is 0. The Balaban J connectivity index is 1.67. The maximum Gasteiger partial charge on any atom is 0.269 e. The molecule has 0 aliphatic heterocycles. The second kappa shape index (κ2) is 7.31. The molecular weight excluding hydrogens is 316 g/mol. The molecule has 5 nitrogen and oxygen atoms in total. The number of phenols is 1. The molecule has 0 saturated carbocycles. The Morgan fingerprint density at radius 2 is 1.24 bits per heavy atom. The molecule has 0 aromatic heterocycles. The van der Waals surface area contributed by atoms with Gasteiger partial charge in [0.1, 0.15) is 5.75 Å². The molecule has 0 heterocycles. The molecule has 124 valence electrons. The Morgan fingerprint density at radius 3 is 1.92 bits per heavy atom. The number of aromatic hydroxyl groups is 1. The van der Waals surface area contributed by atoms with Gasteiger partial charge in [0.2, 0.25) is 0 Å². The molecule has 0 saturated heterocycles. The predicted molar refractivity (Wildman–Crippen MR) is 94.9 cm³/mol. The summed E-state index contributed by atoms with van der Waals surface area (Å²) in [6, 6.07) is 22.6. The van der Waals surface area contributed by atoms with Crippen LogP contribution >= 0.6 is 0 Å². The van der Waals surface area contributed by atoms with Gasteiger partial charge in [-0.15, -0.1) is 0 Å². The molecule has 3 N–H and O–H groups in total. The SMILES string of the molecule is O=C(NNC(=O)c1cccc(-c2ccccc2)c1)c1ccc(O)cc1. The minimum atomic E-state index is -0.465. The molecule has 0 bridgehead atoms. The number of carbonyl (C=O) groups excluding carboxylic acids is 2. The van der Waals surface area contributed by atoms with Gasteiger partial charge in [-0.2, -0.15) is 0 Å². The lowest BCUT2D eigenvalue weighted by Crippen LogP contribution is -2.41. The number of hydrazine groups is 1. The predicted octanol–water partition coefficient (Wildman–Crippen LogP) is 3.13. The fraction of sp³-hybridized carbons (Fsp3) is 0.